The highest BCUT2D eigenvalue weighted by Gasteiger charge is 2.24. The van der Waals surface area contributed by atoms with Crippen LogP contribution in [-0.2, 0) is 9.53 Å². The molecule has 0 spiro atoms. The Morgan fingerprint density at radius 2 is 2.26 bits per heavy atom. The molecule has 23 heavy (non-hydrogen) atoms. The maximum absolute atomic E-state index is 11.9. The van der Waals surface area contributed by atoms with E-state index >= 15 is 0 Å². The summed E-state index contributed by atoms with van der Waals surface area (Å²) < 4.78 is 6.09. The van der Waals surface area contributed by atoms with Gasteiger partial charge in [-0.25, -0.2) is 14.6 Å². The van der Waals surface area contributed by atoms with E-state index in [1.54, 1.807) is 18.3 Å². The molecule has 0 saturated heterocycles. The first kappa shape index (κ1) is 15.5. The van der Waals surface area contributed by atoms with Crippen LogP contribution in [0, 0.1) is 0 Å². The number of esters is 1. The number of nitrogens with one attached hydrogen (secondary N) is 1. The Bertz CT molecular complexity index is 729. The molecule has 0 aliphatic heterocycles. The molecule has 1 amide bonds. The van der Waals surface area contributed by atoms with Crippen molar-refractivity contribution in [1.82, 2.24) is 25.1 Å². The van der Waals surface area contributed by atoms with Gasteiger partial charge in [0.1, 0.15) is 11.4 Å². The molecule has 0 atom stereocenters. The van der Waals surface area contributed by atoms with E-state index in [1.165, 1.54) is 29.9 Å². The van der Waals surface area contributed by atoms with Crippen molar-refractivity contribution in [3.05, 3.63) is 30.4 Å². The minimum Gasteiger partial charge on any atom is -0.468 e. The van der Waals surface area contributed by atoms with Crippen molar-refractivity contribution < 1.29 is 14.3 Å². The van der Waals surface area contributed by atoms with Gasteiger partial charge in [-0.3, -0.25) is 9.59 Å². The van der Waals surface area contributed by atoms with Gasteiger partial charge in [-0.15, -0.1) is 0 Å². The number of aromatic nitrogens is 4. The molecule has 3 rings (SSSR count). The Labute approximate surface area is 136 Å². The molecule has 2 aromatic rings. The lowest BCUT2D eigenvalue weighted by atomic mass is 10.4. The minimum absolute atomic E-state index is 0.168. The van der Waals surface area contributed by atoms with Crippen LogP contribution in [0.3, 0.4) is 0 Å². The van der Waals surface area contributed by atoms with Crippen LogP contribution in [-0.4, -0.2) is 50.5 Å². The maximum atomic E-state index is 11.9. The summed E-state index contributed by atoms with van der Waals surface area (Å²) in [7, 11) is 1.34. The third-order valence-corrected chi connectivity index (χ3v) is 4.06. The second-order valence-corrected chi connectivity index (χ2v) is 5.97. The molecule has 1 aliphatic carbocycles. The van der Waals surface area contributed by atoms with E-state index in [1.807, 2.05) is 0 Å². The van der Waals surface area contributed by atoms with Crippen LogP contribution < -0.4 is 5.32 Å². The van der Waals surface area contributed by atoms with Crippen LogP contribution in [0.1, 0.15) is 23.3 Å². The van der Waals surface area contributed by atoms with Gasteiger partial charge in [-0.05, 0) is 18.9 Å². The van der Waals surface area contributed by atoms with Crippen molar-refractivity contribution in [2.24, 2.45) is 0 Å². The molecule has 8 nitrogen and oxygen atoms in total. The minimum atomic E-state index is -0.326. The number of methoxy groups -OCH3 is 1. The second-order valence-electron chi connectivity index (χ2n) is 4.97. The first-order valence-corrected chi connectivity index (χ1v) is 8.03. The molecule has 1 fully saturated rings. The number of ether oxygens (including phenoxy) is 1. The van der Waals surface area contributed by atoms with E-state index in [0.717, 1.165) is 12.8 Å². The average molecular weight is 333 g/mol. The zero-order chi connectivity index (χ0) is 16.2. The molecule has 2 heterocycles. The number of hydrogen-bond acceptors (Lipinski definition) is 7. The highest BCUT2D eigenvalue weighted by atomic mass is 32.2. The number of carbonyl (C=O) groups is 2. The van der Waals surface area contributed by atoms with Gasteiger partial charge >= 0.3 is 5.97 Å². The van der Waals surface area contributed by atoms with E-state index < -0.39 is 0 Å². The van der Waals surface area contributed by atoms with Gasteiger partial charge < -0.3 is 10.1 Å². The molecule has 0 unspecified atom stereocenters. The van der Waals surface area contributed by atoms with Crippen LogP contribution in [0.4, 0.5) is 0 Å². The fraction of sp³-hybridized carbons (Fsp3) is 0.357. The number of amides is 1. The van der Waals surface area contributed by atoms with E-state index in [2.05, 4.69) is 25.1 Å². The fourth-order valence-electron chi connectivity index (χ4n) is 1.79. The topological polar surface area (TPSA) is 99.0 Å². The number of thioether (sulfide) groups is 1. The molecule has 0 aromatic carbocycles. The summed E-state index contributed by atoms with van der Waals surface area (Å²) in [6.45, 7) is 0. The molecular formula is C14H15N5O3S. The summed E-state index contributed by atoms with van der Waals surface area (Å²) in [5.74, 6) is 0.188. The molecular weight excluding hydrogens is 318 g/mol. The van der Waals surface area contributed by atoms with Crippen LogP contribution in [0.25, 0.3) is 5.82 Å². The third kappa shape index (κ3) is 4.07. The standard InChI is InChI=1S/C14H15N5O3S/c1-22-13(20)7-23-12-6-11(15-8-16-12)19-5-4-10(18-19)14(21)17-9-2-3-9/h4-6,8-9H,2-3,7H2,1H3,(H,17,21). The van der Waals surface area contributed by atoms with Crippen LogP contribution in [0.2, 0.25) is 0 Å². The number of nitrogens with zero attached hydrogens (tertiary/aromatic N) is 4. The molecule has 0 bridgehead atoms. The van der Waals surface area contributed by atoms with Crippen molar-refractivity contribution in [3.8, 4) is 5.82 Å². The molecule has 120 valence electrons. The molecule has 0 radical (unpaired) electrons. The molecule has 2 aromatic heterocycles. The van der Waals surface area contributed by atoms with Crippen molar-refractivity contribution in [2.45, 2.75) is 23.9 Å². The van der Waals surface area contributed by atoms with Gasteiger partial charge in [0.05, 0.1) is 12.9 Å². The summed E-state index contributed by atoms with van der Waals surface area (Å²) in [5.41, 5.74) is 0.347. The predicted octanol–water partition coefficient (Wildman–Crippen LogP) is 0.820. The monoisotopic (exact) mass is 333 g/mol. The quantitative estimate of drug-likeness (QED) is 0.474. The van der Waals surface area contributed by atoms with Gasteiger partial charge in [0.2, 0.25) is 0 Å². The van der Waals surface area contributed by atoms with Gasteiger partial charge in [0.15, 0.2) is 11.5 Å². The van der Waals surface area contributed by atoms with Crippen molar-refractivity contribution >= 4 is 23.6 Å². The number of hydrogen-bond donors (Lipinski definition) is 1. The largest absolute Gasteiger partial charge is 0.468 e. The Kier molecular flexibility index (Phi) is 4.56. The Morgan fingerprint density at radius 1 is 1.43 bits per heavy atom. The van der Waals surface area contributed by atoms with E-state index in [4.69, 9.17) is 0 Å². The van der Waals surface area contributed by atoms with Gasteiger partial charge in [-0.1, -0.05) is 11.8 Å². The summed E-state index contributed by atoms with van der Waals surface area (Å²) in [6.07, 6.45) is 5.11. The lowest BCUT2D eigenvalue weighted by Gasteiger charge is -2.03. The lowest BCUT2D eigenvalue weighted by Crippen LogP contribution is -2.25. The fourth-order valence-corrected chi connectivity index (χ4v) is 2.48. The Hall–Kier alpha value is -2.42. The van der Waals surface area contributed by atoms with Gasteiger partial charge in [0.25, 0.3) is 5.91 Å². The zero-order valence-corrected chi connectivity index (χ0v) is 13.2. The smallest absolute Gasteiger partial charge is 0.316 e. The van der Waals surface area contributed by atoms with Gasteiger partial charge in [0, 0.05) is 18.3 Å². The lowest BCUT2D eigenvalue weighted by molar-refractivity contribution is -0.137. The maximum Gasteiger partial charge on any atom is 0.316 e. The summed E-state index contributed by atoms with van der Waals surface area (Å²) in [5, 5.41) is 7.73. The van der Waals surface area contributed by atoms with Crippen LogP contribution >= 0.6 is 11.8 Å². The highest BCUT2D eigenvalue weighted by molar-refractivity contribution is 7.99. The first-order chi connectivity index (χ1) is 11.2. The van der Waals surface area contributed by atoms with Crippen LogP contribution in [0.15, 0.2) is 29.7 Å². The highest BCUT2D eigenvalue weighted by Crippen LogP contribution is 2.19. The molecule has 1 saturated carbocycles. The zero-order valence-electron chi connectivity index (χ0n) is 12.4. The third-order valence-electron chi connectivity index (χ3n) is 3.16. The second kappa shape index (κ2) is 6.78. The van der Waals surface area contributed by atoms with Crippen LogP contribution in [0.5, 0.6) is 0 Å². The Morgan fingerprint density at radius 3 is 3.00 bits per heavy atom. The molecule has 9 heteroatoms. The molecule has 1 N–H and O–H groups in total. The Balaban J connectivity index is 1.70. The first-order valence-electron chi connectivity index (χ1n) is 7.04. The van der Waals surface area contributed by atoms with Gasteiger partial charge in [-0.2, -0.15) is 5.10 Å². The van der Waals surface area contributed by atoms with Crippen molar-refractivity contribution in [3.63, 3.8) is 0 Å². The molecule has 1 aliphatic rings. The van der Waals surface area contributed by atoms with Crippen molar-refractivity contribution in [2.75, 3.05) is 12.9 Å². The summed E-state index contributed by atoms with van der Waals surface area (Å²) in [4.78, 5) is 31.3. The normalized spacial score (nSPS) is 13.6. The number of rotatable bonds is 6. The SMILES string of the molecule is COC(=O)CSc1cc(-n2ccc(C(=O)NC3CC3)n2)ncn1. The predicted molar refractivity (Wildman–Crippen MR) is 82.4 cm³/mol. The van der Waals surface area contributed by atoms with E-state index in [-0.39, 0.29) is 23.7 Å². The van der Waals surface area contributed by atoms with E-state index in [0.29, 0.717) is 16.5 Å². The summed E-state index contributed by atoms with van der Waals surface area (Å²) in [6, 6.07) is 3.62. The summed E-state index contributed by atoms with van der Waals surface area (Å²) >= 11 is 1.25. The number of carbonyl (C=O) groups excluding carboxylic acids is 2. The van der Waals surface area contributed by atoms with E-state index in [9.17, 15) is 9.59 Å². The van der Waals surface area contributed by atoms with Crippen molar-refractivity contribution in [1.29, 1.82) is 0 Å². The average Bonchev–Trinajstić information content (AvgIpc) is 3.24.